The van der Waals surface area contributed by atoms with E-state index in [1.165, 1.54) is 38.5 Å². The van der Waals surface area contributed by atoms with Crippen LogP contribution in [0.15, 0.2) is 12.2 Å². The van der Waals surface area contributed by atoms with Crippen molar-refractivity contribution in [3.63, 3.8) is 0 Å². The van der Waals surface area contributed by atoms with Gasteiger partial charge in [-0.3, -0.25) is 9.59 Å². The fraction of sp³-hybridized carbons (Fsp3) is 0.783. The normalized spacial score (nSPS) is 11.7. The Labute approximate surface area is 176 Å². The van der Waals surface area contributed by atoms with Gasteiger partial charge in [-0.25, -0.2) is 4.79 Å². The molecule has 0 aromatic rings. The minimum absolute atomic E-state index is 0.208. The highest BCUT2D eigenvalue weighted by molar-refractivity contribution is 5.96. The molecule has 168 valence electrons. The standard InChI is InChI=1S/C23H40O6/c1-4-6-8-10-12-14-16-28-21(24)18-20(22(25)26)19(3)23(27)29-17-15-13-11-9-7-5-2/h20H,3-18H2,1-2H3,(H,25,26). The highest BCUT2D eigenvalue weighted by atomic mass is 16.5. The average Bonchev–Trinajstić information content (AvgIpc) is 2.69. The van der Waals surface area contributed by atoms with Crippen LogP contribution in [0.4, 0.5) is 0 Å². The molecular formula is C23H40O6. The second-order valence-corrected chi connectivity index (χ2v) is 7.51. The molecule has 0 radical (unpaired) electrons. The molecule has 0 aromatic carbocycles. The van der Waals surface area contributed by atoms with Crippen molar-refractivity contribution >= 4 is 17.9 Å². The number of unbranched alkanes of at least 4 members (excludes halogenated alkanes) is 10. The first-order valence-corrected chi connectivity index (χ1v) is 11.2. The summed E-state index contributed by atoms with van der Waals surface area (Å²) in [6.07, 6.45) is 12.3. The van der Waals surface area contributed by atoms with Gasteiger partial charge in [-0.05, 0) is 12.8 Å². The van der Waals surface area contributed by atoms with Gasteiger partial charge in [0, 0.05) is 5.57 Å². The van der Waals surface area contributed by atoms with Crippen LogP contribution in [0.5, 0.6) is 0 Å². The third-order valence-corrected chi connectivity index (χ3v) is 4.84. The lowest BCUT2D eigenvalue weighted by atomic mass is 9.97. The highest BCUT2D eigenvalue weighted by Gasteiger charge is 2.30. The average molecular weight is 413 g/mol. The number of carbonyl (C=O) groups excluding carboxylic acids is 2. The predicted molar refractivity (Wildman–Crippen MR) is 114 cm³/mol. The van der Waals surface area contributed by atoms with Crippen LogP contribution in [0.3, 0.4) is 0 Å². The summed E-state index contributed by atoms with van der Waals surface area (Å²) < 4.78 is 10.2. The second-order valence-electron chi connectivity index (χ2n) is 7.51. The summed E-state index contributed by atoms with van der Waals surface area (Å²) in [5, 5.41) is 9.35. The molecule has 0 aromatic heterocycles. The van der Waals surface area contributed by atoms with Crippen molar-refractivity contribution in [3.05, 3.63) is 12.2 Å². The third-order valence-electron chi connectivity index (χ3n) is 4.84. The van der Waals surface area contributed by atoms with Crippen molar-refractivity contribution < 1.29 is 29.0 Å². The van der Waals surface area contributed by atoms with E-state index in [-0.39, 0.29) is 18.8 Å². The van der Waals surface area contributed by atoms with Gasteiger partial charge in [-0.1, -0.05) is 84.6 Å². The minimum Gasteiger partial charge on any atom is -0.481 e. The molecule has 29 heavy (non-hydrogen) atoms. The largest absolute Gasteiger partial charge is 0.481 e. The van der Waals surface area contributed by atoms with Crippen LogP contribution in [0.2, 0.25) is 0 Å². The maximum atomic E-state index is 12.1. The van der Waals surface area contributed by atoms with Crippen LogP contribution >= 0.6 is 0 Å². The van der Waals surface area contributed by atoms with E-state index in [0.29, 0.717) is 0 Å². The van der Waals surface area contributed by atoms with E-state index in [4.69, 9.17) is 9.47 Å². The molecule has 0 rings (SSSR count). The van der Waals surface area contributed by atoms with E-state index < -0.39 is 30.2 Å². The van der Waals surface area contributed by atoms with E-state index >= 15 is 0 Å². The van der Waals surface area contributed by atoms with Crippen molar-refractivity contribution in [2.24, 2.45) is 5.92 Å². The summed E-state index contributed by atoms with van der Waals surface area (Å²) in [6.45, 7) is 8.35. The molecule has 1 atom stereocenters. The van der Waals surface area contributed by atoms with E-state index in [1.54, 1.807) is 0 Å². The number of esters is 2. The van der Waals surface area contributed by atoms with Crippen LogP contribution < -0.4 is 0 Å². The monoisotopic (exact) mass is 412 g/mol. The Kier molecular flexibility index (Phi) is 17.0. The second kappa shape index (κ2) is 18.2. The Morgan fingerprint density at radius 3 is 1.69 bits per heavy atom. The quantitative estimate of drug-likeness (QED) is 0.173. The van der Waals surface area contributed by atoms with E-state index in [1.807, 2.05) is 0 Å². The van der Waals surface area contributed by atoms with E-state index in [9.17, 15) is 19.5 Å². The van der Waals surface area contributed by atoms with Gasteiger partial charge in [-0.15, -0.1) is 0 Å². The molecule has 0 amide bonds. The van der Waals surface area contributed by atoms with Gasteiger partial charge in [-0.2, -0.15) is 0 Å². The molecule has 0 saturated heterocycles. The van der Waals surface area contributed by atoms with Gasteiger partial charge in [0.2, 0.25) is 0 Å². The van der Waals surface area contributed by atoms with Crippen LogP contribution in [0.1, 0.15) is 97.3 Å². The molecule has 1 unspecified atom stereocenters. The lowest BCUT2D eigenvalue weighted by Crippen LogP contribution is -2.26. The molecule has 0 aliphatic carbocycles. The van der Waals surface area contributed by atoms with Crippen LogP contribution in [-0.2, 0) is 23.9 Å². The Balaban J connectivity index is 4.13. The van der Waals surface area contributed by atoms with Gasteiger partial charge < -0.3 is 14.6 Å². The van der Waals surface area contributed by atoms with Crippen LogP contribution in [0.25, 0.3) is 0 Å². The fourth-order valence-electron chi connectivity index (χ4n) is 2.94. The molecular weight excluding hydrogens is 372 g/mol. The Morgan fingerprint density at radius 1 is 0.759 bits per heavy atom. The van der Waals surface area contributed by atoms with Crippen molar-refractivity contribution in [3.8, 4) is 0 Å². The number of hydrogen-bond donors (Lipinski definition) is 1. The van der Waals surface area contributed by atoms with Crippen LogP contribution in [-0.4, -0.2) is 36.2 Å². The summed E-state index contributed by atoms with van der Waals surface area (Å²) in [6, 6.07) is 0. The first kappa shape index (κ1) is 27.1. The Hall–Kier alpha value is -1.85. The zero-order valence-corrected chi connectivity index (χ0v) is 18.4. The number of carboxylic acids is 1. The molecule has 1 N–H and O–H groups in total. The number of carboxylic acid groups (broad SMARTS) is 1. The van der Waals surface area contributed by atoms with Crippen molar-refractivity contribution in [2.75, 3.05) is 13.2 Å². The summed E-state index contributed by atoms with van der Waals surface area (Å²) >= 11 is 0. The van der Waals surface area contributed by atoms with Crippen molar-refractivity contribution in [1.82, 2.24) is 0 Å². The molecule has 0 fully saturated rings. The molecule has 6 nitrogen and oxygen atoms in total. The van der Waals surface area contributed by atoms with Crippen LogP contribution in [0, 0.1) is 5.92 Å². The third kappa shape index (κ3) is 14.8. The van der Waals surface area contributed by atoms with Crippen molar-refractivity contribution in [1.29, 1.82) is 0 Å². The van der Waals surface area contributed by atoms with Gasteiger partial charge in [0.05, 0.1) is 25.6 Å². The maximum absolute atomic E-state index is 12.1. The first-order valence-electron chi connectivity index (χ1n) is 11.2. The predicted octanol–water partition coefficient (Wildman–Crippen LogP) is 5.44. The maximum Gasteiger partial charge on any atom is 0.334 e. The molecule has 0 bridgehead atoms. The summed E-state index contributed by atoms with van der Waals surface area (Å²) in [7, 11) is 0. The summed E-state index contributed by atoms with van der Waals surface area (Å²) in [4.78, 5) is 35.4. The van der Waals surface area contributed by atoms with E-state index in [0.717, 1.165) is 38.5 Å². The van der Waals surface area contributed by atoms with Gasteiger partial charge in [0.15, 0.2) is 0 Å². The fourth-order valence-corrected chi connectivity index (χ4v) is 2.94. The first-order chi connectivity index (χ1) is 13.9. The topological polar surface area (TPSA) is 89.9 Å². The smallest absolute Gasteiger partial charge is 0.334 e. The zero-order chi connectivity index (χ0) is 21.9. The highest BCUT2D eigenvalue weighted by Crippen LogP contribution is 2.17. The molecule has 0 heterocycles. The molecule has 0 aliphatic rings. The molecule has 0 saturated carbocycles. The number of rotatable bonds is 19. The van der Waals surface area contributed by atoms with Crippen molar-refractivity contribution in [2.45, 2.75) is 97.3 Å². The summed E-state index contributed by atoms with van der Waals surface area (Å²) in [5.41, 5.74) is -0.208. The molecule has 0 aliphatic heterocycles. The minimum atomic E-state index is -1.32. The molecule has 0 spiro atoms. The SMILES string of the molecule is C=C(C(=O)OCCCCCCCC)C(CC(=O)OCCCCCCCC)C(=O)O. The van der Waals surface area contributed by atoms with Gasteiger partial charge >= 0.3 is 17.9 Å². The Bertz CT molecular complexity index is 486. The summed E-state index contributed by atoms with van der Waals surface area (Å²) in [5.74, 6) is -3.97. The lowest BCUT2D eigenvalue weighted by Gasteiger charge is -2.14. The molecule has 6 heteroatoms. The van der Waals surface area contributed by atoms with E-state index in [2.05, 4.69) is 20.4 Å². The number of aliphatic carboxylic acids is 1. The number of carbonyl (C=O) groups is 3. The number of ether oxygens (including phenoxy) is 2. The zero-order valence-electron chi connectivity index (χ0n) is 18.4. The van der Waals surface area contributed by atoms with Gasteiger partial charge in [0.25, 0.3) is 0 Å². The van der Waals surface area contributed by atoms with Gasteiger partial charge in [0.1, 0.15) is 0 Å². The Morgan fingerprint density at radius 2 is 1.21 bits per heavy atom. The lowest BCUT2D eigenvalue weighted by molar-refractivity contribution is -0.152. The number of hydrogen-bond acceptors (Lipinski definition) is 5.